The molecule has 0 amide bonds. The van der Waals surface area contributed by atoms with Gasteiger partial charge < -0.3 is 10.4 Å². The fourth-order valence-corrected chi connectivity index (χ4v) is 1.32. The zero-order valence-corrected chi connectivity index (χ0v) is 9.32. The van der Waals surface area contributed by atoms with Gasteiger partial charge in [0.15, 0.2) is 0 Å². The number of halogens is 3. The Balaban J connectivity index is 3.73. The van der Waals surface area contributed by atoms with Gasteiger partial charge in [0.1, 0.15) is 0 Å². The van der Waals surface area contributed by atoms with Crippen LogP contribution in [0.25, 0.3) is 0 Å². The predicted octanol–water partition coefficient (Wildman–Crippen LogP) is 2.47. The fraction of sp³-hybridized carbons (Fsp3) is 1.00. The third kappa shape index (κ3) is 7.62. The molecule has 0 aromatic rings. The van der Waals surface area contributed by atoms with E-state index in [1.165, 1.54) is 0 Å². The highest BCUT2D eigenvalue weighted by Crippen LogP contribution is 2.21. The molecule has 0 aliphatic heterocycles. The molecule has 0 aromatic heterocycles. The van der Waals surface area contributed by atoms with E-state index < -0.39 is 12.6 Å². The molecule has 5 heteroatoms. The van der Waals surface area contributed by atoms with Gasteiger partial charge in [-0.15, -0.1) is 0 Å². The van der Waals surface area contributed by atoms with Crippen LogP contribution in [0.2, 0.25) is 0 Å². The van der Waals surface area contributed by atoms with Crippen LogP contribution >= 0.6 is 0 Å². The number of nitrogens with one attached hydrogen (secondary N) is 1. The average molecular weight is 227 g/mol. The van der Waals surface area contributed by atoms with Crippen LogP contribution in [0.4, 0.5) is 13.2 Å². The molecule has 0 saturated carbocycles. The van der Waals surface area contributed by atoms with E-state index in [4.69, 9.17) is 5.11 Å². The van der Waals surface area contributed by atoms with Crippen LogP contribution in [0.3, 0.4) is 0 Å². The van der Waals surface area contributed by atoms with E-state index in [-0.39, 0.29) is 18.6 Å². The third-order valence-corrected chi connectivity index (χ3v) is 2.63. The molecule has 0 bridgehead atoms. The molecule has 0 saturated heterocycles. The van der Waals surface area contributed by atoms with Crippen LogP contribution < -0.4 is 5.32 Å². The van der Waals surface area contributed by atoms with Gasteiger partial charge in [-0.2, -0.15) is 13.2 Å². The molecule has 0 rings (SSSR count). The van der Waals surface area contributed by atoms with Crippen molar-refractivity contribution in [3.05, 3.63) is 0 Å². The summed E-state index contributed by atoms with van der Waals surface area (Å²) in [5.41, 5.74) is -0.250. The molecule has 0 aliphatic rings. The molecule has 0 fully saturated rings. The van der Waals surface area contributed by atoms with Gasteiger partial charge >= 0.3 is 6.18 Å². The van der Waals surface area contributed by atoms with Gasteiger partial charge in [-0.3, -0.25) is 0 Å². The minimum atomic E-state index is -4.07. The van der Waals surface area contributed by atoms with E-state index >= 15 is 0 Å². The van der Waals surface area contributed by atoms with Crippen LogP contribution in [-0.2, 0) is 0 Å². The van der Waals surface area contributed by atoms with Crippen molar-refractivity contribution in [2.24, 2.45) is 0 Å². The predicted molar refractivity (Wildman–Crippen MR) is 53.7 cm³/mol. The van der Waals surface area contributed by atoms with E-state index in [9.17, 15) is 13.2 Å². The summed E-state index contributed by atoms with van der Waals surface area (Å²) in [5.74, 6) is 0. The van der Waals surface area contributed by atoms with Crippen molar-refractivity contribution >= 4 is 0 Å². The molecular formula is C10H20F3NO. The Bertz CT molecular complexity index is 173. The average Bonchev–Trinajstić information content (AvgIpc) is 2.12. The summed E-state index contributed by atoms with van der Waals surface area (Å²) < 4.78 is 35.5. The van der Waals surface area contributed by atoms with Gasteiger partial charge in [0, 0.05) is 18.6 Å². The Morgan fingerprint density at radius 3 is 2.20 bits per heavy atom. The summed E-state index contributed by atoms with van der Waals surface area (Å²) in [5, 5.41) is 11.9. The van der Waals surface area contributed by atoms with E-state index in [0.29, 0.717) is 13.0 Å². The molecule has 0 heterocycles. The first kappa shape index (κ1) is 14.7. The Kier molecular flexibility index (Phi) is 6.20. The van der Waals surface area contributed by atoms with Crippen molar-refractivity contribution in [3.63, 3.8) is 0 Å². The Labute approximate surface area is 88.9 Å². The van der Waals surface area contributed by atoms with Crippen molar-refractivity contribution in [1.29, 1.82) is 0 Å². The monoisotopic (exact) mass is 227 g/mol. The topological polar surface area (TPSA) is 32.3 Å². The molecule has 0 spiro atoms. The Morgan fingerprint density at radius 2 is 1.80 bits per heavy atom. The Morgan fingerprint density at radius 1 is 1.20 bits per heavy atom. The van der Waals surface area contributed by atoms with Crippen molar-refractivity contribution in [2.45, 2.75) is 51.2 Å². The number of hydrogen-bond acceptors (Lipinski definition) is 2. The van der Waals surface area contributed by atoms with Crippen molar-refractivity contribution in [2.75, 3.05) is 13.2 Å². The lowest BCUT2D eigenvalue weighted by molar-refractivity contribution is -0.135. The van der Waals surface area contributed by atoms with Crippen molar-refractivity contribution in [3.8, 4) is 0 Å². The van der Waals surface area contributed by atoms with Gasteiger partial charge in [0.05, 0.1) is 0 Å². The van der Waals surface area contributed by atoms with Crippen LogP contribution in [0.5, 0.6) is 0 Å². The summed E-state index contributed by atoms with van der Waals surface area (Å²) in [7, 11) is 0. The first-order valence-electron chi connectivity index (χ1n) is 5.25. The third-order valence-electron chi connectivity index (χ3n) is 2.63. The maximum absolute atomic E-state index is 11.8. The second-order valence-electron chi connectivity index (χ2n) is 4.03. The molecule has 2 N–H and O–H groups in total. The van der Waals surface area contributed by atoms with Crippen molar-refractivity contribution in [1.82, 2.24) is 5.32 Å². The largest absolute Gasteiger partial charge is 0.396 e. The lowest BCUT2D eigenvalue weighted by atomic mass is 9.95. The summed E-state index contributed by atoms with van der Waals surface area (Å²) in [6.07, 6.45) is -3.38. The second kappa shape index (κ2) is 6.33. The van der Waals surface area contributed by atoms with Crippen LogP contribution in [0, 0.1) is 0 Å². The zero-order valence-electron chi connectivity index (χ0n) is 9.32. The SMILES string of the molecule is CCC(C)(CCO)NCCCC(F)(F)F. The van der Waals surface area contributed by atoms with Gasteiger partial charge in [-0.1, -0.05) is 6.92 Å². The number of alkyl halides is 3. The van der Waals surface area contributed by atoms with E-state index in [0.717, 1.165) is 6.42 Å². The minimum Gasteiger partial charge on any atom is -0.396 e. The van der Waals surface area contributed by atoms with E-state index in [1.807, 2.05) is 13.8 Å². The van der Waals surface area contributed by atoms with Gasteiger partial charge in [0.25, 0.3) is 0 Å². The number of hydrogen-bond donors (Lipinski definition) is 2. The molecule has 92 valence electrons. The highest BCUT2D eigenvalue weighted by molar-refractivity contribution is 4.80. The molecule has 1 atom stereocenters. The molecule has 0 aromatic carbocycles. The molecule has 1 unspecified atom stereocenters. The first-order chi connectivity index (χ1) is 6.83. The summed E-state index contributed by atoms with van der Waals surface area (Å²) in [4.78, 5) is 0. The lowest BCUT2D eigenvalue weighted by Crippen LogP contribution is -2.43. The normalized spacial score (nSPS) is 16.4. The van der Waals surface area contributed by atoms with Crippen LogP contribution in [-0.4, -0.2) is 30.0 Å². The van der Waals surface area contributed by atoms with E-state index in [1.54, 1.807) is 0 Å². The molecule has 2 nitrogen and oxygen atoms in total. The zero-order chi connectivity index (χ0) is 11.9. The summed E-state index contributed by atoms with van der Waals surface area (Å²) in [6.45, 7) is 4.25. The maximum atomic E-state index is 11.8. The van der Waals surface area contributed by atoms with Gasteiger partial charge in [-0.05, 0) is 32.7 Å². The fourth-order valence-electron chi connectivity index (χ4n) is 1.32. The molecule has 15 heavy (non-hydrogen) atoms. The highest BCUT2D eigenvalue weighted by atomic mass is 19.4. The maximum Gasteiger partial charge on any atom is 0.389 e. The highest BCUT2D eigenvalue weighted by Gasteiger charge is 2.27. The van der Waals surface area contributed by atoms with Gasteiger partial charge in [0.2, 0.25) is 0 Å². The number of rotatable bonds is 7. The minimum absolute atomic E-state index is 0.0522. The second-order valence-corrected chi connectivity index (χ2v) is 4.03. The number of aliphatic hydroxyl groups excluding tert-OH is 1. The van der Waals surface area contributed by atoms with Crippen LogP contribution in [0.15, 0.2) is 0 Å². The van der Waals surface area contributed by atoms with E-state index in [2.05, 4.69) is 5.32 Å². The molecule has 0 radical (unpaired) electrons. The first-order valence-corrected chi connectivity index (χ1v) is 5.25. The molecular weight excluding hydrogens is 207 g/mol. The smallest absolute Gasteiger partial charge is 0.389 e. The molecule has 0 aliphatic carbocycles. The Hall–Kier alpha value is -0.290. The quantitative estimate of drug-likeness (QED) is 0.655. The van der Waals surface area contributed by atoms with Gasteiger partial charge in [-0.25, -0.2) is 0 Å². The number of aliphatic hydroxyl groups is 1. The summed E-state index contributed by atoms with van der Waals surface area (Å²) in [6, 6.07) is 0. The summed E-state index contributed by atoms with van der Waals surface area (Å²) >= 11 is 0. The van der Waals surface area contributed by atoms with Crippen molar-refractivity contribution < 1.29 is 18.3 Å². The van der Waals surface area contributed by atoms with Crippen LogP contribution in [0.1, 0.15) is 39.5 Å². The standard InChI is InChI=1S/C10H20F3NO/c1-3-9(2,6-8-15)14-7-4-5-10(11,12)13/h14-15H,3-8H2,1-2H3. The lowest BCUT2D eigenvalue weighted by Gasteiger charge is -2.29.